The molecule has 0 amide bonds. The minimum Gasteiger partial charge on any atom is -0.318 e. The van der Waals surface area contributed by atoms with Crippen molar-refractivity contribution < 1.29 is 17.4 Å². The third kappa shape index (κ3) is 2.68. The molecule has 0 fully saturated rings. The molecule has 0 saturated heterocycles. The first-order valence-electron chi connectivity index (χ1n) is 7.04. The van der Waals surface area contributed by atoms with Gasteiger partial charge in [-0.15, -0.1) is 0 Å². The van der Waals surface area contributed by atoms with Crippen molar-refractivity contribution in [2.24, 2.45) is 7.05 Å². The summed E-state index contributed by atoms with van der Waals surface area (Å²) in [6, 6.07) is 1.43. The van der Waals surface area contributed by atoms with Crippen LogP contribution in [0.25, 0.3) is 22.3 Å². The lowest BCUT2D eigenvalue weighted by molar-refractivity contribution is -0.137. The van der Waals surface area contributed by atoms with Gasteiger partial charge in [0.05, 0.1) is 27.6 Å². The molecular formula is C15H13F3N4OS. The highest BCUT2D eigenvalue weighted by Gasteiger charge is 2.36. The molecule has 3 aromatic heterocycles. The monoisotopic (exact) mass is 354 g/mol. The van der Waals surface area contributed by atoms with Gasteiger partial charge in [0.1, 0.15) is 5.52 Å². The summed E-state index contributed by atoms with van der Waals surface area (Å²) in [6.45, 7) is 1.69. The Balaban J connectivity index is 2.43. The van der Waals surface area contributed by atoms with Gasteiger partial charge in [-0.2, -0.15) is 13.2 Å². The summed E-state index contributed by atoms with van der Waals surface area (Å²) in [4.78, 5) is 12.1. The maximum Gasteiger partial charge on any atom is 0.418 e. The Morgan fingerprint density at radius 3 is 2.67 bits per heavy atom. The van der Waals surface area contributed by atoms with Crippen molar-refractivity contribution in [2.45, 2.75) is 18.0 Å². The minimum absolute atomic E-state index is 0.118. The molecule has 3 heterocycles. The predicted molar refractivity (Wildman–Crippen MR) is 83.7 cm³/mol. The maximum absolute atomic E-state index is 13.5. The van der Waals surface area contributed by atoms with E-state index in [0.717, 1.165) is 6.20 Å². The number of aryl methyl sites for hydroxylation is 1. The van der Waals surface area contributed by atoms with E-state index in [1.54, 1.807) is 14.0 Å². The number of nitrogens with zero attached hydrogens (tertiary/aromatic N) is 4. The zero-order valence-electron chi connectivity index (χ0n) is 12.8. The number of hydrogen-bond donors (Lipinski definition) is 0. The highest BCUT2D eigenvalue weighted by molar-refractivity contribution is 7.85. The van der Waals surface area contributed by atoms with E-state index in [2.05, 4.69) is 15.0 Å². The molecule has 0 aromatic carbocycles. The molecule has 0 aliphatic carbocycles. The van der Waals surface area contributed by atoms with Gasteiger partial charge >= 0.3 is 6.18 Å². The number of fused-ring (bicyclic) bond motifs is 1. The molecule has 5 nitrogen and oxygen atoms in total. The van der Waals surface area contributed by atoms with Crippen LogP contribution < -0.4 is 0 Å². The average molecular weight is 354 g/mol. The Morgan fingerprint density at radius 2 is 2.00 bits per heavy atom. The largest absolute Gasteiger partial charge is 0.418 e. The molecule has 0 saturated carbocycles. The lowest BCUT2D eigenvalue weighted by Gasteiger charge is -2.15. The lowest BCUT2D eigenvalue weighted by Crippen LogP contribution is -2.10. The van der Waals surface area contributed by atoms with Crippen molar-refractivity contribution in [2.75, 3.05) is 5.75 Å². The first-order valence-corrected chi connectivity index (χ1v) is 8.36. The first kappa shape index (κ1) is 16.6. The van der Waals surface area contributed by atoms with Gasteiger partial charge in [0, 0.05) is 42.5 Å². The number of aromatic nitrogens is 4. The summed E-state index contributed by atoms with van der Waals surface area (Å²) in [7, 11) is 0.191. The fourth-order valence-electron chi connectivity index (χ4n) is 2.48. The van der Waals surface area contributed by atoms with Crippen LogP contribution in [0.3, 0.4) is 0 Å². The van der Waals surface area contributed by atoms with Gasteiger partial charge in [0.25, 0.3) is 0 Å². The minimum atomic E-state index is -4.61. The zero-order chi connectivity index (χ0) is 17.5. The smallest absolute Gasteiger partial charge is 0.318 e. The van der Waals surface area contributed by atoms with E-state index in [4.69, 9.17) is 0 Å². The standard InChI is InChI=1S/C15H13F3N4OS/c1-3-24(23)11-7-19-5-4-9(11)12-10(15(16,17)18)6-20-14-13(12)21-8-22(14)2/h4-8H,3H2,1-2H3. The van der Waals surface area contributed by atoms with Crippen molar-refractivity contribution in [3.8, 4) is 11.1 Å². The molecule has 0 N–H and O–H groups in total. The summed E-state index contributed by atoms with van der Waals surface area (Å²) < 4.78 is 54.3. The Kier molecular flexibility index (Phi) is 4.12. The molecule has 24 heavy (non-hydrogen) atoms. The molecule has 1 unspecified atom stereocenters. The molecular weight excluding hydrogens is 341 g/mol. The van der Waals surface area contributed by atoms with E-state index < -0.39 is 22.5 Å². The first-order chi connectivity index (χ1) is 11.3. The van der Waals surface area contributed by atoms with Gasteiger partial charge < -0.3 is 4.57 Å². The van der Waals surface area contributed by atoms with E-state index in [9.17, 15) is 17.4 Å². The number of alkyl halides is 3. The summed E-state index contributed by atoms with van der Waals surface area (Å²) >= 11 is 0. The zero-order valence-corrected chi connectivity index (χ0v) is 13.6. The molecule has 3 aromatic rings. The van der Waals surface area contributed by atoms with Gasteiger partial charge in [-0.3, -0.25) is 9.19 Å². The second-order valence-electron chi connectivity index (χ2n) is 5.08. The fraction of sp³-hybridized carbons (Fsp3) is 0.267. The fourth-order valence-corrected chi connectivity index (χ4v) is 3.39. The van der Waals surface area contributed by atoms with Crippen LogP contribution in [0.5, 0.6) is 0 Å². The van der Waals surface area contributed by atoms with E-state index >= 15 is 0 Å². The third-order valence-corrected chi connectivity index (χ3v) is 4.93. The molecule has 1 atom stereocenters. The maximum atomic E-state index is 13.5. The lowest BCUT2D eigenvalue weighted by atomic mass is 10.0. The topological polar surface area (TPSA) is 60.7 Å². The van der Waals surface area contributed by atoms with E-state index in [-0.39, 0.29) is 27.3 Å². The Labute approximate surface area is 138 Å². The SMILES string of the molecule is CCS(=O)c1cnccc1-c1c(C(F)(F)F)cnc2c1ncn2C. The number of halogens is 3. The van der Waals surface area contributed by atoms with Crippen LogP contribution >= 0.6 is 0 Å². The van der Waals surface area contributed by atoms with Crippen molar-refractivity contribution in [1.82, 2.24) is 19.5 Å². The van der Waals surface area contributed by atoms with Crippen molar-refractivity contribution in [3.05, 3.63) is 36.5 Å². The molecule has 0 bridgehead atoms. The van der Waals surface area contributed by atoms with Crippen LogP contribution in [0.1, 0.15) is 12.5 Å². The predicted octanol–water partition coefficient (Wildman–Crippen LogP) is 3.18. The van der Waals surface area contributed by atoms with Crippen LogP contribution in [0.4, 0.5) is 13.2 Å². The molecule has 9 heteroatoms. The number of hydrogen-bond acceptors (Lipinski definition) is 4. The number of pyridine rings is 2. The van der Waals surface area contributed by atoms with Gasteiger partial charge in [-0.05, 0) is 6.07 Å². The van der Waals surface area contributed by atoms with Gasteiger partial charge in [-0.1, -0.05) is 6.92 Å². The van der Waals surface area contributed by atoms with Crippen LogP contribution in [0.15, 0.2) is 35.9 Å². The van der Waals surface area contributed by atoms with Crippen LogP contribution in [-0.2, 0) is 24.0 Å². The number of rotatable bonds is 3. The van der Waals surface area contributed by atoms with Crippen molar-refractivity contribution in [1.29, 1.82) is 0 Å². The molecule has 0 radical (unpaired) electrons. The average Bonchev–Trinajstić information content (AvgIpc) is 2.94. The van der Waals surface area contributed by atoms with Crippen LogP contribution in [-0.4, -0.2) is 29.5 Å². The summed E-state index contributed by atoms with van der Waals surface area (Å²) in [5, 5.41) is 0. The summed E-state index contributed by atoms with van der Waals surface area (Å²) in [5.41, 5.74) is -0.374. The Morgan fingerprint density at radius 1 is 1.25 bits per heavy atom. The number of imidazole rings is 1. The highest BCUT2D eigenvalue weighted by atomic mass is 32.2. The Bertz CT molecular complexity index is 936. The van der Waals surface area contributed by atoms with Crippen LogP contribution in [0, 0.1) is 0 Å². The normalized spacial score (nSPS) is 13.4. The second kappa shape index (κ2) is 5.97. The van der Waals surface area contributed by atoms with Gasteiger partial charge in [0.2, 0.25) is 0 Å². The summed E-state index contributed by atoms with van der Waals surface area (Å²) in [6.07, 6.45) is 0.297. The second-order valence-corrected chi connectivity index (χ2v) is 6.79. The van der Waals surface area contributed by atoms with Crippen molar-refractivity contribution in [3.63, 3.8) is 0 Å². The molecule has 0 aliphatic heterocycles. The molecule has 0 aliphatic rings. The highest BCUT2D eigenvalue weighted by Crippen LogP contribution is 2.41. The van der Waals surface area contributed by atoms with E-state index in [0.29, 0.717) is 5.65 Å². The Hall–Kier alpha value is -2.29. The van der Waals surface area contributed by atoms with Crippen LogP contribution in [0.2, 0.25) is 0 Å². The third-order valence-electron chi connectivity index (χ3n) is 3.59. The van der Waals surface area contributed by atoms with Gasteiger partial charge in [0.15, 0.2) is 5.65 Å². The van der Waals surface area contributed by atoms with Crippen molar-refractivity contribution >= 4 is 22.0 Å². The van der Waals surface area contributed by atoms with Gasteiger partial charge in [-0.25, -0.2) is 9.97 Å². The van der Waals surface area contributed by atoms with E-state index in [1.165, 1.54) is 29.4 Å². The molecule has 0 spiro atoms. The molecule has 126 valence electrons. The van der Waals surface area contributed by atoms with E-state index in [1.807, 2.05) is 0 Å². The quantitative estimate of drug-likeness (QED) is 0.725. The summed E-state index contributed by atoms with van der Waals surface area (Å²) in [5.74, 6) is 0.274. The molecule has 3 rings (SSSR count).